The van der Waals surface area contributed by atoms with E-state index in [-0.39, 0.29) is 12.1 Å². The summed E-state index contributed by atoms with van der Waals surface area (Å²) < 4.78 is 5.44. The summed E-state index contributed by atoms with van der Waals surface area (Å²) in [6.45, 7) is 10.4. The van der Waals surface area contributed by atoms with E-state index >= 15 is 0 Å². The molecule has 0 atom stereocenters. The van der Waals surface area contributed by atoms with Crippen molar-refractivity contribution in [2.45, 2.75) is 40.2 Å². The van der Waals surface area contributed by atoms with Gasteiger partial charge in [0.05, 0.1) is 19.3 Å². The van der Waals surface area contributed by atoms with E-state index in [4.69, 9.17) is 4.74 Å². The van der Waals surface area contributed by atoms with Crippen molar-refractivity contribution in [3.8, 4) is 5.75 Å². The number of aryl methyl sites for hydroxylation is 1. The van der Waals surface area contributed by atoms with Crippen molar-refractivity contribution in [1.82, 2.24) is 0 Å². The molecule has 3 heteroatoms. The summed E-state index contributed by atoms with van der Waals surface area (Å²) >= 11 is 0. The minimum absolute atomic E-state index is 0.118. The van der Waals surface area contributed by atoms with Crippen LogP contribution in [0.25, 0.3) is 0 Å². The third kappa shape index (κ3) is 2.46. The molecule has 1 aromatic rings. The Morgan fingerprint density at radius 3 is 2.22 bits per heavy atom. The third-order valence-corrected chi connectivity index (χ3v) is 3.86. The van der Waals surface area contributed by atoms with Gasteiger partial charge in [-0.05, 0) is 57.4 Å². The SMILES string of the molecule is COc1c(C)cc(N(C)C(C)(C)CO)c(C)c1C. The molecule has 1 aromatic carbocycles. The van der Waals surface area contributed by atoms with Crippen LogP contribution in [-0.4, -0.2) is 31.4 Å². The first-order valence-corrected chi connectivity index (χ1v) is 6.25. The van der Waals surface area contributed by atoms with Crippen LogP contribution in [-0.2, 0) is 0 Å². The number of likely N-dealkylation sites (N-methyl/N-ethyl adjacent to an activating group) is 1. The zero-order valence-corrected chi connectivity index (χ0v) is 12.6. The molecule has 0 saturated heterocycles. The van der Waals surface area contributed by atoms with Gasteiger partial charge in [0.15, 0.2) is 0 Å². The Kier molecular flexibility index (Phi) is 4.28. The smallest absolute Gasteiger partial charge is 0.125 e. The topological polar surface area (TPSA) is 32.7 Å². The number of aliphatic hydroxyl groups excluding tert-OH is 1. The molecular formula is C15H25NO2. The van der Waals surface area contributed by atoms with Gasteiger partial charge in [-0.25, -0.2) is 0 Å². The minimum atomic E-state index is -0.280. The van der Waals surface area contributed by atoms with Gasteiger partial charge >= 0.3 is 0 Å². The molecule has 0 bridgehead atoms. The van der Waals surface area contributed by atoms with Crippen molar-refractivity contribution in [1.29, 1.82) is 0 Å². The van der Waals surface area contributed by atoms with Gasteiger partial charge in [-0.2, -0.15) is 0 Å². The van der Waals surface area contributed by atoms with Crippen LogP contribution in [0.3, 0.4) is 0 Å². The number of hydrogen-bond acceptors (Lipinski definition) is 3. The van der Waals surface area contributed by atoms with Crippen LogP contribution < -0.4 is 9.64 Å². The molecule has 102 valence electrons. The fraction of sp³-hybridized carbons (Fsp3) is 0.600. The molecule has 0 amide bonds. The quantitative estimate of drug-likeness (QED) is 0.893. The van der Waals surface area contributed by atoms with E-state index in [0.29, 0.717) is 0 Å². The lowest BCUT2D eigenvalue weighted by Gasteiger charge is -2.37. The molecular weight excluding hydrogens is 226 g/mol. The summed E-state index contributed by atoms with van der Waals surface area (Å²) in [6.07, 6.45) is 0. The summed E-state index contributed by atoms with van der Waals surface area (Å²) in [6, 6.07) is 2.12. The van der Waals surface area contributed by atoms with Crippen molar-refractivity contribution in [2.24, 2.45) is 0 Å². The summed E-state index contributed by atoms with van der Waals surface area (Å²) in [5, 5.41) is 9.49. The molecule has 3 nitrogen and oxygen atoms in total. The number of anilines is 1. The zero-order valence-electron chi connectivity index (χ0n) is 12.6. The van der Waals surface area contributed by atoms with Crippen molar-refractivity contribution in [3.63, 3.8) is 0 Å². The highest BCUT2D eigenvalue weighted by atomic mass is 16.5. The monoisotopic (exact) mass is 251 g/mol. The van der Waals surface area contributed by atoms with Crippen molar-refractivity contribution < 1.29 is 9.84 Å². The standard InChI is InChI=1S/C15H25NO2/c1-10-8-13(16(6)15(4,5)9-17)11(2)12(3)14(10)18-7/h8,17H,9H2,1-7H3. The minimum Gasteiger partial charge on any atom is -0.496 e. The average Bonchev–Trinajstić information content (AvgIpc) is 2.33. The number of rotatable bonds is 4. The molecule has 0 saturated carbocycles. The highest BCUT2D eigenvalue weighted by Crippen LogP contribution is 2.35. The molecule has 0 spiro atoms. The van der Waals surface area contributed by atoms with Gasteiger partial charge < -0.3 is 14.7 Å². The molecule has 18 heavy (non-hydrogen) atoms. The van der Waals surface area contributed by atoms with Crippen LogP contribution >= 0.6 is 0 Å². The van der Waals surface area contributed by atoms with E-state index in [2.05, 4.69) is 31.7 Å². The first-order chi connectivity index (χ1) is 8.26. The van der Waals surface area contributed by atoms with Gasteiger partial charge in [0, 0.05) is 12.7 Å². The van der Waals surface area contributed by atoms with E-state index in [1.807, 2.05) is 20.9 Å². The van der Waals surface area contributed by atoms with Crippen molar-refractivity contribution in [2.75, 3.05) is 25.7 Å². The van der Waals surface area contributed by atoms with Gasteiger partial charge in [0.25, 0.3) is 0 Å². The molecule has 0 fully saturated rings. The van der Waals surface area contributed by atoms with Gasteiger partial charge in [-0.1, -0.05) is 0 Å². The van der Waals surface area contributed by atoms with Crippen LogP contribution in [0, 0.1) is 20.8 Å². The van der Waals surface area contributed by atoms with Crippen LogP contribution in [0.4, 0.5) is 5.69 Å². The van der Waals surface area contributed by atoms with Crippen molar-refractivity contribution >= 4 is 5.69 Å². The number of methoxy groups -OCH3 is 1. The van der Waals surface area contributed by atoms with Crippen molar-refractivity contribution in [3.05, 3.63) is 22.8 Å². The summed E-state index contributed by atoms with van der Waals surface area (Å²) in [7, 11) is 3.72. The normalized spacial score (nSPS) is 11.6. The fourth-order valence-corrected chi connectivity index (χ4v) is 2.13. The van der Waals surface area contributed by atoms with Gasteiger partial charge in [0.2, 0.25) is 0 Å². The maximum atomic E-state index is 9.49. The van der Waals surface area contributed by atoms with E-state index in [1.165, 1.54) is 5.56 Å². The van der Waals surface area contributed by atoms with Crippen LogP contribution in [0.5, 0.6) is 5.75 Å². The molecule has 1 N–H and O–H groups in total. The predicted molar refractivity (Wildman–Crippen MR) is 76.8 cm³/mol. The lowest BCUT2D eigenvalue weighted by Crippen LogP contribution is -2.44. The molecule has 0 radical (unpaired) electrons. The Balaban J connectivity index is 3.36. The molecule has 0 heterocycles. The number of benzene rings is 1. The fourth-order valence-electron chi connectivity index (χ4n) is 2.13. The Morgan fingerprint density at radius 1 is 1.22 bits per heavy atom. The van der Waals surface area contributed by atoms with Gasteiger partial charge in [-0.3, -0.25) is 0 Å². The molecule has 0 unspecified atom stereocenters. The van der Waals surface area contributed by atoms with Crippen LogP contribution in [0.2, 0.25) is 0 Å². The number of hydrogen-bond donors (Lipinski definition) is 1. The second-order valence-corrected chi connectivity index (χ2v) is 5.53. The van der Waals surface area contributed by atoms with E-state index in [9.17, 15) is 5.11 Å². The first kappa shape index (κ1) is 14.8. The number of ether oxygens (including phenoxy) is 1. The second-order valence-electron chi connectivity index (χ2n) is 5.53. The first-order valence-electron chi connectivity index (χ1n) is 6.25. The van der Waals surface area contributed by atoms with Crippen LogP contribution in [0.15, 0.2) is 6.07 Å². The summed E-state index contributed by atoms with van der Waals surface area (Å²) in [4.78, 5) is 2.13. The predicted octanol–water partition coefficient (Wildman–Crippen LogP) is 2.83. The van der Waals surface area contributed by atoms with E-state index in [0.717, 1.165) is 22.6 Å². The average molecular weight is 251 g/mol. The Labute approximate surface area is 110 Å². The highest BCUT2D eigenvalue weighted by Gasteiger charge is 2.25. The van der Waals surface area contributed by atoms with Crippen LogP contribution in [0.1, 0.15) is 30.5 Å². The highest BCUT2D eigenvalue weighted by molar-refractivity contribution is 5.63. The molecule has 0 aliphatic heterocycles. The molecule has 1 rings (SSSR count). The van der Waals surface area contributed by atoms with Gasteiger partial charge in [0.1, 0.15) is 5.75 Å². The zero-order chi connectivity index (χ0) is 14.1. The van der Waals surface area contributed by atoms with E-state index < -0.39 is 0 Å². The lowest BCUT2D eigenvalue weighted by molar-refractivity contribution is 0.216. The Bertz CT molecular complexity index is 439. The summed E-state index contributed by atoms with van der Waals surface area (Å²) in [5.41, 5.74) is 4.34. The maximum Gasteiger partial charge on any atom is 0.125 e. The number of nitrogens with zero attached hydrogens (tertiary/aromatic N) is 1. The molecule has 0 aliphatic rings. The molecule has 0 aliphatic carbocycles. The summed E-state index contributed by atoms with van der Waals surface area (Å²) in [5.74, 6) is 0.950. The Morgan fingerprint density at radius 2 is 1.78 bits per heavy atom. The second kappa shape index (κ2) is 5.19. The largest absolute Gasteiger partial charge is 0.496 e. The maximum absolute atomic E-state index is 9.49. The lowest BCUT2D eigenvalue weighted by atomic mass is 9.98. The van der Waals surface area contributed by atoms with Gasteiger partial charge in [-0.15, -0.1) is 0 Å². The number of aliphatic hydroxyl groups is 1. The van der Waals surface area contributed by atoms with E-state index in [1.54, 1.807) is 7.11 Å². The Hall–Kier alpha value is -1.22. The molecule has 0 aromatic heterocycles. The third-order valence-electron chi connectivity index (χ3n) is 3.86.